The number of nitrogens with zero attached hydrogens (tertiary/aromatic N) is 3. The molecule has 1 N–H and O–H groups in total. The molecule has 1 aromatic carbocycles. The Kier molecular flexibility index (Phi) is 6.65. The van der Waals surface area contributed by atoms with E-state index in [4.69, 9.17) is 0 Å². The number of rotatable bonds is 7. The number of imidazole rings is 1. The standard InChI is InChI=1S/C21H30F2N4O/c1-14(2)20(27-13-25-18-11-16(22)17(23)12-19(18)27)21(28)24-7-4-8-26-9-5-15(3)6-10-26/h11-15,20H,4-10H2,1-3H3,(H,24,28). The minimum atomic E-state index is -0.937. The number of piperidine rings is 1. The molecule has 1 aliphatic heterocycles. The second-order valence-electron chi connectivity index (χ2n) is 8.26. The van der Waals surface area contributed by atoms with Crippen molar-refractivity contribution in [1.29, 1.82) is 0 Å². The molecule has 2 heterocycles. The van der Waals surface area contributed by atoms with Gasteiger partial charge >= 0.3 is 0 Å². The summed E-state index contributed by atoms with van der Waals surface area (Å²) in [4.78, 5) is 19.4. The van der Waals surface area contributed by atoms with Gasteiger partial charge in [-0.3, -0.25) is 4.79 Å². The molecule has 28 heavy (non-hydrogen) atoms. The van der Waals surface area contributed by atoms with Crippen LogP contribution in [0.4, 0.5) is 8.78 Å². The van der Waals surface area contributed by atoms with E-state index in [9.17, 15) is 13.6 Å². The summed E-state index contributed by atoms with van der Waals surface area (Å²) in [5.74, 6) is -1.20. The zero-order valence-electron chi connectivity index (χ0n) is 16.9. The Balaban J connectivity index is 1.61. The molecule has 1 amide bonds. The van der Waals surface area contributed by atoms with Gasteiger partial charge in [0.15, 0.2) is 11.6 Å². The van der Waals surface area contributed by atoms with Crippen molar-refractivity contribution < 1.29 is 13.6 Å². The number of hydrogen-bond acceptors (Lipinski definition) is 3. The fourth-order valence-corrected chi connectivity index (χ4v) is 3.90. The number of benzene rings is 1. The van der Waals surface area contributed by atoms with Crippen LogP contribution < -0.4 is 5.32 Å². The van der Waals surface area contributed by atoms with Crippen LogP contribution in [0.5, 0.6) is 0 Å². The Morgan fingerprint density at radius 3 is 2.61 bits per heavy atom. The highest BCUT2D eigenvalue weighted by atomic mass is 19.2. The number of likely N-dealkylation sites (tertiary alicyclic amines) is 1. The van der Waals surface area contributed by atoms with E-state index in [0.29, 0.717) is 17.6 Å². The van der Waals surface area contributed by atoms with Crippen molar-refractivity contribution in [1.82, 2.24) is 19.8 Å². The highest BCUT2D eigenvalue weighted by molar-refractivity contribution is 5.84. The maximum Gasteiger partial charge on any atom is 0.243 e. The van der Waals surface area contributed by atoms with Crippen LogP contribution in [0.3, 0.4) is 0 Å². The predicted octanol–water partition coefficient (Wildman–Crippen LogP) is 3.75. The van der Waals surface area contributed by atoms with Gasteiger partial charge in [-0.25, -0.2) is 13.8 Å². The third kappa shape index (κ3) is 4.69. The Morgan fingerprint density at radius 2 is 1.93 bits per heavy atom. The fraction of sp³-hybridized carbons (Fsp3) is 0.619. The molecule has 5 nitrogen and oxygen atoms in total. The van der Waals surface area contributed by atoms with Gasteiger partial charge in [0, 0.05) is 18.7 Å². The van der Waals surface area contributed by atoms with Crippen molar-refractivity contribution in [3.05, 3.63) is 30.1 Å². The van der Waals surface area contributed by atoms with Crippen LogP contribution in [0.2, 0.25) is 0 Å². The van der Waals surface area contributed by atoms with E-state index in [1.54, 1.807) is 4.57 Å². The van der Waals surface area contributed by atoms with Gasteiger partial charge in [0.05, 0.1) is 17.4 Å². The van der Waals surface area contributed by atoms with Gasteiger partial charge in [-0.05, 0) is 50.7 Å². The minimum absolute atomic E-state index is 0.0194. The van der Waals surface area contributed by atoms with Gasteiger partial charge in [0.2, 0.25) is 5.91 Å². The number of aromatic nitrogens is 2. The molecule has 7 heteroatoms. The maximum absolute atomic E-state index is 13.7. The molecule has 0 saturated carbocycles. The number of carbonyl (C=O) groups excluding carboxylic acids is 1. The van der Waals surface area contributed by atoms with Crippen LogP contribution in [-0.4, -0.2) is 46.5 Å². The Bertz CT molecular complexity index is 812. The number of hydrogen-bond donors (Lipinski definition) is 1. The second-order valence-corrected chi connectivity index (χ2v) is 8.26. The Hall–Kier alpha value is -2.02. The summed E-state index contributed by atoms with van der Waals surface area (Å²) in [6, 6.07) is 1.65. The molecule has 1 saturated heterocycles. The lowest BCUT2D eigenvalue weighted by Gasteiger charge is -2.30. The molecule has 2 aromatic rings. The second kappa shape index (κ2) is 8.99. The molecule has 1 fully saturated rings. The van der Waals surface area contributed by atoms with Crippen LogP contribution in [0, 0.1) is 23.5 Å². The van der Waals surface area contributed by atoms with Crippen LogP contribution in [0.15, 0.2) is 18.5 Å². The molecule has 1 unspecified atom stereocenters. The summed E-state index contributed by atoms with van der Waals surface area (Å²) in [6.45, 7) is 10.0. The molecule has 1 atom stereocenters. The molecular weight excluding hydrogens is 362 g/mol. The molecule has 0 bridgehead atoms. The monoisotopic (exact) mass is 392 g/mol. The summed E-state index contributed by atoms with van der Waals surface area (Å²) in [6.07, 6.45) is 4.87. The third-order valence-corrected chi connectivity index (χ3v) is 5.64. The Morgan fingerprint density at radius 1 is 1.25 bits per heavy atom. The largest absolute Gasteiger partial charge is 0.354 e. The van der Waals surface area contributed by atoms with E-state index >= 15 is 0 Å². The average Bonchev–Trinajstić information content (AvgIpc) is 3.03. The van der Waals surface area contributed by atoms with Crippen molar-refractivity contribution in [2.24, 2.45) is 11.8 Å². The zero-order chi connectivity index (χ0) is 20.3. The van der Waals surface area contributed by atoms with Gasteiger partial charge in [-0.1, -0.05) is 20.8 Å². The first kappa shape index (κ1) is 20.7. The van der Waals surface area contributed by atoms with Crippen molar-refractivity contribution >= 4 is 16.9 Å². The summed E-state index contributed by atoms with van der Waals surface area (Å²) < 4.78 is 28.8. The highest BCUT2D eigenvalue weighted by Gasteiger charge is 2.26. The zero-order valence-corrected chi connectivity index (χ0v) is 16.9. The number of amides is 1. The smallest absolute Gasteiger partial charge is 0.243 e. The Labute approximate surface area is 165 Å². The summed E-state index contributed by atoms with van der Waals surface area (Å²) in [5.41, 5.74) is 0.770. The molecule has 0 spiro atoms. The molecule has 1 aromatic heterocycles. The predicted molar refractivity (Wildman–Crippen MR) is 106 cm³/mol. The highest BCUT2D eigenvalue weighted by Crippen LogP contribution is 2.25. The van der Waals surface area contributed by atoms with Crippen LogP contribution in [0.25, 0.3) is 11.0 Å². The SMILES string of the molecule is CC1CCN(CCCNC(=O)C(C(C)C)n2cnc3cc(F)c(F)cc32)CC1. The normalized spacial score (nSPS) is 17.4. The average molecular weight is 392 g/mol. The van der Waals surface area contributed by atoms with Crippen molar-refractivity contribution in [2.45, 2.75) is 46.1 Å². The topological polar surface area (TPSA) is 50.2 Å². The van der Waals surface area contributed by atoms with E-state index in [1.165, 1.54) is 19.2 Å². The summed E-state index contributed by atoms with van der Waals surface area (Å²) >= 11 is 0. The molecule has 3 rings (SSSR count). The third-order valence-electron chi connectivity index (χ3n) is 5.64. The first-order valence-corrected chi connectivity index (χ1v) is 10.2. The first-order chi connectivity index (χ1) is 13.4. The van der Waals surface area contributed by atoms with Gasteiger partial charge < -0.3 is 14.8 Å². The quantitative estimate of drug-likeness (QED) is 0.730. The van der Waals surface area contributed by atoms with Crippen molar-refractivity contribution in [2.75, 3.05) is 26.2 Å². The number of carbonyl (C=O) groups is 1. The van der Waals surface area contributed by atoms with Crippen LogP contribution in [-0.2, 0) is 4.79 Å². The lowest BCUT2D eigenvalue weighted by Crippen LogP contribution is -2.38. The van der Waals surface area contributed by atoms with Gasteiger partial charge in [0.25, 0.3) is 0 Å². The maximum atomic E-state index is 13.7. The lowest BCUT2D eigenvalue weighted by molar-refractivity contribution is -0.125. The van der Waals surface area contributed by atoms with Crippen LogP contribution >= 0.6 is 0 Å². The first-order valence-electron chi connectivity index (χ1n) is 10.2. The summed E-state index contributed by atoms with van der Waals surface area (Å²) in [7, 11) is 0. The van der Waals surface area contributed by atoms with E-state index in [2.05, 4.69) is 22.1 Å². The number of nitrogens with one attached hydrogen (secondary N) is 1. The van der Waals surface area contributed by atoms with E-state index in [1.807, 2.05) is 13.8 Å². The molecule has 1 aliphatic rings. The van der Waals surface area contributed by atoms with E-state index in [-0.39, 0.29) is 11.8 Å². The van der Waals surface area contributed by atoms with E-state index < -0.39 is 17.7 Å². The lowest BCUT2D eigenvalue weighted by atomic mass is 9.99. The number of fused-ring (bicyclic) bond motifs is 1. The molecule has 0 aliphatic carbocycles. The van der Waals surface area contributed by atoms with Crippen molar-refractivity contribution in [3.8, 4) is 0 Å². The van der Waals surface area contributed by atoms with Gasteiger partial charge in [-0.2, -0.15) is 0 Å². The molecular formula is C21H30F2N4O. The fourth-order valence-electron chi connectivity index (χ4n) is 3.90. The van der Waals surface area contributed by atoms with Crippen molar-refractivity contribution in [3.63, 3.8) is 0 Å². The van der Waals surface area contributed by atoms with E-state index in [0.717, 1.165) is 44.1 Å². The number of halogens is 2. The molecule has 0 radical (unpaired) electrons. The van der Waals surface area contributed by atoms with Gasteiger partial charge in [0.1, 0.15) is 6.04 Å². The molecule has 154 valence electrons. The van der Waals surface area contributed by atoms with Gasteiger partial charge in [-0.15, -0.1) is 0 Å². The minimum Gasteiger partial charge on any atom is -0.354 e. The van der Waals surface area contributed by atoms with Crippen LogP contribution in [0.1, 0.15) is 46.1 Å². The summed E-state index contributed by atoms with van der Waals surface area (Å²) in [5, 5.41) is 3.01.